The first kappa shape index (κ1) is 17.8. The molecule has 2 amide bonds. The topological polar surface area (TPSA) is 67.4 Å². The predicted octanol–water partition coefficient (Wildman–Crippen LogP) is 3.13. The molecule has 0 aliphatic heterocycles. The van der Waals surface area contributed by atoms with Gasteiger partial charge in [-0.3, -0.25) is 20.4 Å². The van der Waals surface area contributed by atoms with Crippen LogP contribution in [0.25, 0.3) is 0 Å². The Labute approximate surface area is 145 Å². The van der Waals surface area contributed by atoms with Crippen molar-refractivity contribution < 1.29 is 14.3 Å². The predicted molar refractivity (Wildman–Crippen MR) is 93.0 cm³/mol. The lowest BCUT2D eigenvalue weighted by Gasteiger charge is -2.09. The van der Waals surface area contributed by atoms with Gasteiger partial charge in [-0.1, -0.05) is 36.7 Å². The van der Waals surface area contributed by atoms with E-state index < -0.39 is 5.91 Å². The summed E-state index contributed by atoms with van der Waals surface area (Å²) in [6, 6.07) is 13.8. The van der Waals surface area contributed by atoms with Crippen LogP contribution >= 0.6 is 11.6 Å². The van der Waals surface area contributed by atoms with Crippen LogP contribution in [0.4, 0.5) is 0 Å². The van der Waals surface area contributed by atoms with E-state index in [1.807, 2.05) is 6.92 Å². The lowest BCUT2D eigenvalue weighted by atomic mass is 10.1. The summed E-state index contributed by atoms with van der Waals surface area (Å²) in [6.45, 7) is 2.59. The van der Waals surface area contributed by atoms with E-state index in [9.17, 15) is 9.59 Å². The van der Waals surface area contributed by atoms with Crippen molar-refractivity contribution in [2.45, 2.75) is 19.8 Å². The number of hydrogen-bond donors (Lipinski definition) is 2. The van der Waals surface area contributed by atoms with Gasteiger partial charge in [0.2, 0.25) is 5.91 Å². The number of rotatable bonds is 6. The Morgan fingerprint density at radius 1 is 1.08 bits per heavy atom. The quantitative estimate of drug-likeness (QED) is 0.790. The molecule has 6 heteroatoms. The second-order valence-corrected chi connectivity index (χ2v) is 5.62. The lowest BCUT2D eigenvalue weighted by Crippen LogP contribution is -2.42. The number of nitrogens with one attached hydrogen (secondary N) is 2. The largest absolute Gasteiger partial charge is 0.494 e. The van der Waals surface area contributed by atoms with Crippen molar-refractivity contribution in [3.8, 4) is 5.75 Å². The van der Waals surface area contributed by atoms with Gasteiger partial charge in [0.1, 0.15) is 5.75 Å². The smallest absolute Gasteiger partial charge is 0.269 e. The highest BCUT2D eigenvalue weighted by molar-refractivity contribution is 6.30. The number of benzene rings is 2. The van der Waals surface area contributed by atoms with Crippen molar-refractivity contribution in [3.63, 3.8) is 0 Å². The Hall–Kier alpha value is -2.53. The molecule has 2 N–H and O–H groups in total. The molecular formula is C18H19ClN2O3. The summed E-state index contributed by atoms with van der Waals surface area (Å²) in [5.41, 5.74) is 6.01. The Morgan fingerprint density at radius 3 is 2.54 bits per heavy atom. The van der Waals surface area contributed by atoms with Crippen molar-refractivity contribution in [1.29, 1.82) is 0 Å². The molecule has 0 atom stereocenters. The zero-order chi connectivity index (χ0) is 17.4. The van der Waals surface area contributed by atoms with Crippen LogP contribution in [-0.2, 0) is 11.2 Å². The summed E-state index contributed by atoms with van der Waals surface area (Å²) < 4.78 is 5.48. The monoisotopic (exact) mass is 346 g/mol. The van der Waals surface area contributed by atoms with Crippen LogP contribution in [0, 0.1) is 0 Å². The van der Waals surface area contributed by atoms with Gasteiger partial charge in [0.25, 0.3) is 5.91 Å². The molecule has 24 heavy (non-hydrogen) atoms. The molecule has 126 valence electrons. The average molecular weight is 347 g/mol. The molecule has 0 aliphatic rings. The third kappa shape index (κ3) is 5.59. The molecule has 0 fully saturated rings. The maximum Gasteiger partial charge on any atom is 0.269 e. The zero-order valence-electron chi connectivity index (χ0n) is 13.3. The minimum atomic E-state index is -0.401. The van der Waals surface area contributed by atoms with E-state index in [1.54, 1.807) is 48.5 Å². The molecule has 2 aromatic rings. The van der Waals surface area contributed by atoms with Crippen molar-refractivity contribution >= 4 is 23.4 Å². The van der Waals surface area contributed by atoms with Gasteiger partial charge >= 0.3 is 0 Å². The highest BCUT2D eigenvalue weighted by Crippen LogP contribution is 2.13. The highest BCUT2D eigenvalue weighted by Gasteiger charge is 2.09. The molecular weight excluding hydrogens is 328 g/mol. The molecule has 2 aromatic carbocycles. The van der Waals surface area contributed by atoms with E-state index in [2.05, 4.69) is 10.9 Å². The van der Waals surface area contributed by atoms with Crippen LogP contribution in [0.3, 0.4) is 0 Å². The molecule has 0 heterocycles. The molecule has 0 aliphatic carbocycles. The molecule has 2 rings (SSSR count). The number of carbonyl (C=O) groups is 2. The number of halogens is 1. The second-order valence-electron chi connectivity index (χ2n) is 5.18. The lowest BCUT2D eigenvalue weighted by molar-refractivity contribution is -0.121. The first-order valence-electron chi connectivity index (χ1n) is 7.65. The average Bonchev–Trinajstić information content (AvgIpc) is 2.60. The van der Waals surface area contributed by atoms with E-state index in [-0.39, 0.29) is 12.3 Å². The summed E-state index contributed by atoms with van der Waals surface area (Å²) in [5.74, 6) is -0.0949. The standard InChI is InChI=1S/C18H19ClN2O3/c1-2-10-24-16-5-3-4-14(12-16)18(23)21-20-17(22)11-13-6-8-15(19)9-7-13/h3-9,12H,2,10-11H2,1H3,(H,20,22)(H,21,23). The van der Waals surface area contributed by atoms with E-state index in [4.69, 9.17) is 16.3 Å². The van der Waals surface area contributed by atoms with E-state index in [1.165, 1.54) is 0 Å². The third-order valence-electron chi connectivity index (χ3n) is 3.16. The normalized spacial score (nSPS) is 10.1. The van der Waals surface area contributed by atoms with Crippen molar-refractivity contribution in [2.75, 3.05) is 6.61 Å². The molecule has 5 nitrogen and oxygen atoms in total. The third-order valence-corrected chi connectivity index (χ3v) is 3.41. The van der Waals surface area contributed by atoms with E-state index in [0.29, 0.717) is 22.9 Å². The van der Waals surface area contributed by atoms with E-state index >= 15 is 0 Å². The Morgan fingerprint density at radius 2 is 1.83 bits per heavy atom. The summed E-state index contributed by atoms with van der Waals surface area (Å²) >= 11 is 5.80. The molecule has 0 spiro atoms. The SMILES string of the molecule is CCCOc1cccc(C(=O)NNC(=O)Cc2ccc(Cl)cc2)c1. The van der Waals surface area contributed by atoms with Crippen LogP contribution in [0.15, 0.2) is 48.5 Å². The Balaban J connectivity index is 1.85. The Kier molecular flexibility index (Phi) is 6.63. The summed E-state index contributed by atoms with van der Waals surface area (Å²) in [6.07, 6.45) is 1.04. The van der Waals surface area contributed by atoms with Gasteiger partial charge in [-0.05, 0) is 42.3 Å². The van der Waals surface area contributed by atoms with Gasteiger partial charge in [-0.2, -0.15) is 0 Å². The molecule has 0 unspecified atom stereocenters. The van der Waals surface area contributed by atoms with Gasteiger partial charge in [0, 0.05) is 10.6 Å². The molecule has 0 aromatic heterocycles. The highest BCUT2D eigenvalue weighted by atomic mass is 35.5. The maximum absolute atomic E-state index is 12.1. The van der Waals surface area contributed by atoms with Crippen LogP contribution < -0.4 is 15.6 Å². The van der Waals surface area contributed by atoms with Crippen molar-refractivity contribution in [3.05, 3.63) is 64.7 Å². The van der Waals surface area contributed by atoms with Crippen LogP contribution in [0.1, 0.15) is 29.3 Å². The minimum absolute atomic E-state index is 0.150. The van der Waals surface area contributed by atoms with Gasteiger partial charge < -0.3 is 4.74 Å². The van der Waals surface area contributed by atoms with Gasteiger partial charge in [0.05, 0.1) is 13.0 Å². The number of hydrogen-bond acceptors (Lipinski definition) is 3. The summed E-state index contributed by atoms with van der Waals surface area (Å²) in [4.78, 5) is 23.9. The summed E-state index contributed by atoms with van der Waals surface area (Å²) in [7, 11) is 0. The van der Waals surface area contributed by atoms with E-state index in [0.717, 1.165) is 12.0 Å². The molecule has 0 bridgehead atoms. The van der Waals surface area contributed by atoms with Crippen LogP contribution in [0.2, 0.25) is 5.02 Å². The molecule has 0 saturated carbocycles. The van der Waals surface area contributed by atoms with Gasteiger partial charge in [-0.25, -0.2) is 0 Å². The fourth-order valence-corrected chi connectivity index (χ4v) is 2.10. The first-order valence-corrected chi connectivity index (χ1v) is 8.02. The van der Waals surface area contributed by atoms with Crippen molar-refractivity contribution in [2.24, 2.45) is 0 Å². The number of ether oxygens (including phenoxy) is 1. The minimum Gasteiger partial charge on any atom is -0.494 e. The number of hydrazine groups is 1. The van der Waals surface area contributed by atoms with Crippen molar-refractivity contribution in [1.82, 2.24) is 10.9 Å². The maximum atomic E-state index is 12.1. The van der Waals surface area contributed by atoms with Gasteiger partial charge in [0.15, 0.2) is 0 Å². The molecule has 0 saturated heterocycles. The zero-order valence-corrected chi connectivity index (χ0v) is 14.1. The number of carbonyl (C=O) groups excluding carboxylic acids is 2. The fourth-order valence-electron chi connectivity index (χ4n) is 1.98. The van der Waals surface area contributed by atoms with Gasteiger partial charge in [-0.15, -0.1) is 0 Å². The summed E-state index contributed by atoms with van der Waals surface area (Å²) in [5, 5.41) is 0.609. The van der Waals surface area contributed by atoms with Crippen LogP contribution in [-0.4, -0.2) is 18.4 Å². The number of amides is 2. The Bertz CT molecular complexity index is 702. The molecule has 0 radical (unpaired) electrons. The second kappa shape index (κ2) is 8.93. The fraction of sp³-hybridized carbons (Fsp3) is 0.222. The first-order chi connectivity index (χ1) is 11.6. The van der Waals surface area contributed by atoms with Crippen LogP contribution in [0.5, 0.6) is 5.75 Å².